The van der Waals surface area contributed by atoms with E-state index in [4.69, 9.17) is 4.74 Å². The second kappa shape index (κ2) is 6.33. The van der Waals surface area contributed by atoms with Crippen LogP contribution in [0.2, 0.25) is 0 Å². The summed E-state index contributed by atoms with van der Waals surface area (Å²) in [5.41, 5.74) is 0.0264. The molecule has 0 atom stereocenters. The third kappa shape index (κ3) is 3.66. The molecule has 0 bridgehead atoms. The molecular formula is C13H11N3O5. The number of carbonyl (C=O) groups excluding carboxylic acids is 2. The molecular weight excluding hydrogens is 278 g/mol. The molecule has 0 unspecified atom stereocenters. The van der Waals surface area contributed by atoms with Crippen molar-refractivity contribution in [2.24, 2.45) is 0 Å². The van der Waals surface area contributed by atoms with Crippen molar-refractivity contribution in [3.05, 3.63) is 58.4 Å². The summed E-state index contributed by atoms with van der Waals surface area (Å²) in [7, 11) is 0. The van der Waals surface area contributed by atoms with Gasteiger partial charge in [0, 0.05) is 12.3 Å². The van der Waals surface area contributed by atoms with Crippen molar-refractivity contribution in [3.63, 3.8) is 0 Å². The van der Waals surface area contributed by atoms with E-state index in [0.717, 1.165) is 0 Å². The molecule has 8 heteroatoms. The number of nitrogens with one attached hydrogen (secondary N) is 2. The number of benzene rings is 1. The van der Waals surface area contributed by atoms with Crippen molar-refractivity contribution in [1.29, 1.82) is 0 Å². The first-order valence-electron chi connectivity index (χ1n) is 5.91. The monoisotopic (exact) mass is 289 g/mol. The highest BCUT2D eigenvalue weighted by molar-refractivity contribution is 5.96. The number of H-pyrrole nitrogens is 1. The number of hydrogen-bond donors (Lipinski definition) is 2. The lowest BCUT2D eigenvalue weighted by molar-refractivity contribution is -0.383. The van der Waals surface area contributed by atoms with Crippen LogP contribution in [0.4, 0.5) is 11.4 Å². The normalized spacial score (nSPS) is 9.90. The average Bonchev–Trinajstić information content (AvgIpc) is 2.99. The molecule has 2 aromatic rings. The van der Waals surface area contributed by atoms with Crippen LogP contribution in [-0.4, -0.2) is 28.4 Å². The lowest BCUT2D eigenvalue weighted by Crippen LogP contribution is -2.21. The molecule has 2 N–H and O–H groups in total. The molecule has 1 heterocycles. The van der Waals surface area contributed by atoms with E-state index >= 15 is 0 Å². The number of ether oxygens (including phenoxy) is 1. The van der Waals surface area contributed by atoms with Crippen LogP contribution in [0.3, 0.4) is 0 Å². The third-order valence-corrected chi connectivity index (χ3v) is 2.53. The molecule has 0 radical (unpaired) electrons. The van der Waals surface area contributed by atoms with Gasteiger partial charge in [-0.2, -0.15) is 0 Å². The second-order valence-electron chi connectivity index (χ2n) is 3.98. The number of aromatic nitrogens is 1. The maximum Gasteiger partial charge on any atom is 0.355 e. The van der Waals surface area contributed by atoms with E-state index in [9.17, 15) is 19.7 Å². The fraction of sp³-hybridized carbons (Fsp3) is 0.0769. The first-order valence-corrected chi connectivity index (χ1v) is 5.91. The number of hydrogen-bond acceptors (Lipinski definition) is 5. The van der Waals surface area contributed by atoms with Crippen LogP contribution < -0.4 is 5.32 Å². The van der Waals surface area contributed by atoms with Crippen molar-refractivity contribution in [1.82, 2.24) is 4.98 Å². The van der Waals surface area contributed by atoms with Crippen molar-refractivity contribution in [2.45, 2.75) is 0 Å². The molecule has 108 valence electrons. The fourth-order valence-electron chi connectivity index (χ4n) is 1.59. The van der Waals surface area contributed by atoms with Gasteiger partial charge in [0.25, 0.3) is 11.6 Å². The molecule has 8 nitrogen and oxygen atoms in total. The summed E-state index contributed by atoms with van der Waals surface area (Å²) in [6.07, 6.45) is 1.55. The number of esters is 1. The molecule has 1 aromatic heterocycles. The fourth-order valence-corrected chi connectivity index (χ4v) is 1.59. The van der Waals surface area contributed by atoms with Gasteiger partial charge in [-0.25, -0.2) is 4.79 Å². The number of nitro benzene ring substituents is 1. The van der Waals surface area contributed by atoms with Crippen molar-refractivity contribution in [3.8, 4) is 0 Å². The van der Waals surface area contributed by atoms with E-state index in [1.54, 1.807) is 18.3 Å². The number of para-hydroxylation sites is 2. The van der Waals surface area contributed by atoms with E-state index in [2.05, 4.69) is 10.3 Å². The Morgan fingerprint density at radius 2 is 2.00 bits per heavy atom. The lowest BCUT2D eigenvalue weighted by Gasteiger charge is -2.06. The number of nitrogens with zero attached hydrogens (tertiary/aromatic N) is 1. The summed E-state index contributed by atoms with van der Waals surface area (Å²) in [5.74, 6) is -1.35. The zero-order valence-corrected chi connectivity index (χ0v) is 10.7. The molecule has 1 aromatic carbocycles. The van der Waals surface area contributed by atoms with E-state index in [-0.39, 0.29) is 17.1 Å². The van der Waals surface area contributed by atoms with E-state index in [1.165, 1.54) is 24.3 Å². The number of aromatic amines is 1. The number of carbonyl (C=O) groups is 2. The van der Waals surface area contributed by atoms with E-state index in [1.807, 2.05) is 0 Å². The Balaban J connectivity index is 1.93. The largest absolute Gasteiger partial charge is 0.451 e. The standard InChI is InChI=1S/C13H11N3O5/c17-12(8-21-13(18)10-5-3-7-14-10)15-9-4-1-2-6-11(9)16(19)20/h1-7,14H,8H2,(H,15,17). The molecule has 0 aliphatic carbocycles. The minimum Gasteiger partial charge on any atom is -0.451 e. The molecule has 21 heavy (non-hydrogen) atoms. The highest BCUT2D eigenvalue weighted by atomic mass is 16.6. The third-order valence-electron chi connectivity index (χ3n) is 2.53. The number of amides is 1. The van der Waals surface area contributed by atoms with E-state index in [0.29, 0.717) is 0 Å². The first-order chi connectivity index (χ1) is 10.1. The zero-order chi connectivity index (χ0) is 15.2. The maximum absolute atomic E-state index is 11.6. The first kappa shape index (κ1) is 14.3. The molecule has 0 spiro atoms. The minimum atomic E-state index is -0.683. The van der Waals surface area contributed by atoms with Crippen LogP contribution in [0.15, 0.2) is 42.6 Å². The van der Waals surface area contributed by atoms with Gasteiger partial charge in [-0.05, 0) is 18.2 Å². The molecule has 2 rings (SSSR count). The summed E-state index contributed by atoms with van der Waals surface area (Å²) in [4.78, 5) is 36.0. The van der Waals surface area contributed by atoms with Crippen LogP contribution in [0, 0.1) is 10.1 Å². The minimum absolute atomic E-state index is 0.0448. The van der Waals surface area contributed by atoms with Crippen LogP contribution in [-0.2, 0) is 9.53 Å². The quantitative estimate of drug-likeness (QED) is 0.494. The average molecular weight is 289 g/mol. The van der Waals surface area contributed by atoms with Gasteiger partial charge in [0.2, 0.25) is 0 Å². The van der Waals surface area contributed by atoms with Gasteiger partial charge in [0.15, 0.2) is 6.61 Å². The predicted octanol–water partition coefficient (Wildman–Crippen LogP) is 1.72. The highest BCUT2D eigenvalue weighted by Gasteiger charge is 2.16. The van der Waals surface area contributed by atoms with Gasteiger partial charge >= 0.3 is 5.97 Å². The Bertz CT molecular complexity index is 666. The van der Waals surface area contributed by atoms with Crippen molar-refractivity contribution < 1.29 is 19.2 Å². The molecule has 0 saturated heterocycles. The molecule has 0 aliphatic rings. The molecule has 0 saturated carbocycles. The Morgan fingerprint density at radius 1 is 1.24 bits per heavy atom. The highest BCUT2D eigenvalue weighted by Crippen LogP contribution is 2.22. The van der Waals surface area contributed by atoms with Gasteiger partial charge in [-0.15, -0.1) is 0 Å². The summed E-state index contributed by atoms with van der Waals surface area (Å²) in [6, 6.07) is 8.81. The maximum atomic E-state index is 11.6. The predicted molar refractivity (Wildman–Crippen MR) is 72.8 cm³/mol. The SMILES string of the molecule is O=C(COC(=O)c1ccc[nH]1)Nc1ccccc1[N+](=O)[O-]. The van der Waals surface area contributed by atoms with Crippen LogP contribution in [0.25, 0.3) is 0 Å². The van der Waals surface area contributed by atoms with E-state index < -0.39 is 23.4 Å². The number of nitro groups is 1. The summed E-state index contributed by atoms with van der Waals surface area (Å²) in [6.45, 7) is -0.538. The summed E-state index contributed by atoms with van der Waals surface area (Å²) in [5, 5.41) is 13.1. The van der Waals surface area contributed by atoms with Crippen LogP contribution >= 0.6 is 0 Å². The Morgan fingerprint density at radius 3 is 2.67 bits per heavy atom. The second-order valence-corrected chi connectivity index (χ2v) is 3.98. The van der Waals surface area contributed by atoms with Crippen LogP contribution in [0.5, 0.6) is 0 Å². The number of rotatable bonds is 5. The summed E-state index contributed by atoms with van der Waals surface area (Å²) >= 11 is 0. The molecule has 0 aliphatic heterocycles. The number of anilines is 1. The van der Waals surface area contributed by atoms with Crippen LogP contribution in [0.1, 0.15) is 10.5 Å². The van der Waals surface area contributed by atoms with Gasteiger partial charge in [-0.1, -0.05) is 12.1 Å². The smallest absolute Gasteiger partial charge is 0.355 e. The van der Waals surface area contributed by atoms with Gasteiger partial charge in [0.1, 0.15) is 11.4 Å². The topological polar surface area (TPSA) is 114 Å². The Kier molecular flexibility index (Phi) is 4.30. The van der Waals surface area contributed by atoms with Crippen molar-refractivity contribution in [2.75, 3.05) is 11.9 Å². The van der Waals surface area contributed by atoms with Gasteiger partial charge in [-0.3, -0.25) is 14.9 Å². The molecule has 1 amide bonds. The lowest BCUT2D eigenvalue weighted by atomic mass is 10.2. The Hall–Kier alpha value is -3.16. The zero-order valence-electron chi connectivity index (χ0n) is 10.7. The van der Waals surface area contributed by atoms with Gasteiger partial charge in [0.05, 0.1) is 4.92 Å². The Labute approximate surface area is 118 Å². The van der Waals surface area contributed by atoms with Crippen molar-refractivity contribution >= 4 is 23.3 Å². The summed E-state index contributed by atoms with van der Waals surface area (Å²) < 4.78 is 4.77. The van der Waals surface area contributed by atoms with Gasteiger partial charge < -0.3 is 15.0 Å². The molecule has 0 fully saturated rings.